The zero-order valence-electron chi connectivity index (χ0n) is 18.2. The molecule has 31 heavy (non-hydrogen) atoms. The summed E-state index contributed by atoms with van der Waals surface area (Å²) in [5.74, 6) is 13.4. The van der Waals surface area contributed by atoms with Gasteiger partial charge in [-0.05, 0) is 96.9 Å². The first-order valence-electron chi connectivity index (χ1n) is 11.3. The van der Waals surface area contributed by atoms with E-state index in [1.54, 1.807) is 24.3 Å². The lowest BCUT2D eigenvalue weighted by Gasteiger charge is -2.66. The molecule has 2 unspecified atom stereocenters. The van der Waals surface area contributed by atoms with Crippen LogP contribution in [-0.4, -0.2) is 11.1 Å². The molecule has 0 aromatic heterocycles. The van der Waals surface area contributed by atoms with E-state index in [0.29, 0.717) is 16.4 Å². The number of carbonyl (C=O) groups is 1. The van der Waals surface area contributed by atoms with Crippen LogP contribution in [0.4, 0.5) is 0 Å². The van der Waals surface area contributed by atoms with Crippen LogP contribution in [-0.2, 0) is 5.41 Å². The Morgan fingerprint density at radius 1 is 0.903 bits per heavy atom. The smallest absolute Gasteiger partial charge is 0.336 e. The second-order valence-electron chi connectivity index (χ2n) is 10.3. The SMILES string of the molecule is CC1(C)C2CC3CC(C2)CC1(c1ccc(C#CC#Cc2ccccc2C(=O)O)cc1)C3. The van der Waals surface area contributed by atoms with Crippen LogP contribution in [0, 0.1) is 46.9 Å². The van der Waals surface area contributed by atoms with E-state index in [9.17, 15) is 9.90 Å². The molecule has 2 aromatic carbocycles. The molecular weight excluding hydrogens is 380 g/mol. The largest absolute Gasteiger partial charge is 0.478 e. The van der Waals surface area contributed by atoms with E-state index in [2.05, 4.69) is 61.8 Å². The van der Waals surface area contributed by atoms with Crippen molar-refractivity contribution in [1.82, 2.24) is 0 Å². The third kappa shape index (κ3) is 3.26. The highest BCUT2D eigenvalue weighted by Crippen LogP contribution is 2.68. The van der Waals surface area contributed by atoms with Crippen molar-refractivity contribution >= 4 is 5.97 Å². The predicted molar refractivity (Wildman–Crippen MR) is 123 cm³/mol. The first-order chi connectivity index (χ1) is 14.9. The molecule has 1 N–H and O–H groups in total. The quantitative estimate of drug-likeness (QED) is 0.629. The van der Waals surface area contributed by atoms with Crippen LogP contribution in [0.1, 0.15) is 73.0 Å². The first kappa shape index (κ1) is 20.0. The standard InChI is InChI=1S/C29H28O2/c1-28(2)25-16-21-15-22(17-25)19-29(28,18-21)24-13-11-20(12-14-24)7-3-4-8-23-9-5-6-10-26(23)27(30)31/h5-6,9-14,21-22,25H,15-19H2,1-2H3,(H,30,31). The molecule has 2 atom stereocenters. The van der Waals surface area contributed by atoms with Crippen LogP contribution in [0.15, 0.2) is 48.5 Å². The number of hydrogen-bond acceptors (Lipinski definition) is 1. The molecule has 4 bridgehead atoms. The molecule has 0 saturated heterocycles. The topological polar surface area (TPSA) is 37.3 Å². The average molecular weight is 409 g/mol. The minimum atomic E-state index is -0.971. The number of carboxylic acids is 1. The van der Waals surface area contributed by atoms with Crippen LogP contribution >= 0.6 is 0 Å². The Hall–Kier alpha value is -2.97. The van der Waals surface area contributed by atoms with Gasteiger partial charge in [0.1, 0.15) is 0 Å². The Bertz CT molecular complexity index is 1130. The van der Waals surface area contributed by atoms with Crippen molar-refractivity contribution in [3.63, 3.8) is 0 Å². The minimum Gasteiger partial charge on any atom is -0.478 e. The van der Waals surface area contributed by atoms with E-state index in [1.165, 1.54) is 37.7 Å². The minimum absolute atomic E-state index is 0.208. The predicted octanol–water partition coefficient (Wildman–Crippen LogP) is 5.89. The van der Waals surface area contributed by atoms with Crippen molar-refractivity contribution in [2.24, 2.45) is 23.2 Å². The average Bonchev–Trinajstić information content (AvgIpc) is 2.75. The van der Waals surface area contributed by atoms with Crippen molar-refractivity contribution < 1.29 is 9.90 Å². The molecule has 4 aliphatic rings. The van der Waals surface area contributed by atoms with E-state index in [1.807, 2.05) is 0 Å². The second kappa shape index (κ2) is 7.32. The molecule has 4 fully saturated rings. The fourth-order valence-corrected chi connectivity index (χ4v) is 6.93. The van der Waals surface area contributed by atoms with Crippen LogP contribution in [0.3, 0.4) is 0 Å². The Kier molecular flexibility index (Phi) is 4.71. The molecule has 0 heterocycles. The normalized spacial score (nSPS) is 29.4. The van der Waals surface area contributed by atoms with Gasteiger partial charge in [-0.15, -0.1) is 0 Å². The lowest BCUT2D eigenvalue weighted by molar-refractivity contribution is -0.113. The summed E-state index contributed by atoms with van der Waals surface area (Å²) in [4.78, 5) is 11.3. The number of aromatic carboxylic acids is 1. The van der Waals surface area contributed by atoms with Crippen LogP contribution in [0.25, 0.3) is 0 Å². The number of rotatable bonds is 2. The van der Waals surface area contributed by atoms with Crippen molar-refractivity contribution in [2.45, 2.75) is 51.4 Å². The maximum Gasteiger partial charge on any atom is 0.336 e. The van der Waals surface area contributed by atoms with Crippen molar-refractivity contribution in [3.05, 3.63) is 70.8 Å². The van der Waals surface area contributed by atoms with Crippen LogP contribution < -0.4 is 0 Å². The molecule has 0 aliphatic heterocycles. The summed E-state index contributed by atoms with van der Waals surface area (Å²) in [5, 5.41) is 9.25. The molecular formula is C29H28O2. The van der Waals surface area contributed by atoms with Gasteiger partial charge in [0.05, 0.1) is 5.56 Å². The zero-order chi connectivity index (χ0) is 21.6. The Labute approximate surface area is 185 Å². The molecule has 4 saturated carbocycles. The third-order valence-electron chi connectivity index (χ3n) is 8.49. The third-order valence-corrected chi connectivity index (χ3v) is 8.49. The molecule has 0 spiro atoms. The Morgan fingerprint density at radius 3 is 2.23 bits per heavy atom. The molecule has 6 rings (SSSR count). The molecule has 2 heteroatoms. The van der Waals surface area contributed by atoms with Crippen LogP contribution in [0.5, 0.6) is 0 Å². The maximum absolute atomic E-state index is 11.3. The van der Waals surface area contributed by atoms with Gasteiger partial charge in [0.25, 0.3) is 0 Å². The highest BCUT2D eigenvalue weighted by atomic mass is 16.4. The fraction of sp³-hybridized carbons (Fsp3) is 0.414. The molecule has 156 valence electrons. The van der Waals surface area contributed by atoms with Crippen molar-refractivity contribution in [2.75, 3.05) is 0 Å². The van der Waals surface area contributed by atoms with Gasteiger partial charge in [0.15, 0.2) is 0 Å². The van der Waals surface area contributed by atoms with Gasteiger partial charge in [-0.2, -0.15) is 0 Å². The summed E-state index contributed by atoms with van der Waals surface area (Å²) in [7, 11) is 0. The summed E-state index contributed by atoms with van der Waals surface area (Å²) in [6.07, 6.45) is 6.98. The van der Waals surface area contributed by atoms with Gasteiger partial charge in [0.2, 0.25) is 0 Å². The summed E-state index contributed by atoms with van der Waals surface area (Å²) in [5.41, 5.74) is 3.81. The molecule has 2 aromatic rings. The van der Waals surface area contributed by atoms with Gasteiger partial charge >= 0.3 is 5.97 Å². The molecule has 4 aliphatic carbocycles. The monoisotopic (exact) mass is 408 g/mol. The van der Waals surface area contributed by atoms with E-state index < -0.39 is 5.97 Å². The number of carboxylic acid groups (broad SMARTS) is 1. The molecule has 2 nitrogen and oxygen atoms in total. The van der Waals surface area contributed by atoms with Gasteiger partial charge < -0.3 is 5.11 Å². The summed E-state index contributed by atoms with van der Waals surface area (Å²) in [6.45, 7) is 5.02. The highest BCUT2D eigenvalue weighted by Gasteiger charge is 2.61. The van der Waals surface area contributed by atoms with E-state index in [-0.39, 0.29) is 5.56 Å². The number of benzene rings is 2. The lowest BCUT2D eigenvalue weighted by Crippen LogP contribution is -2.59. The van der Waals surface area contributed by atoms with Crippen molar-refractivity contribution in [1.29, 1.82) is 0 Å². The van der Waals surface area contributed by atoms with Gasteiger partial charge in [-0.25, -0.2) is 4.79 Å². The lowest BCUT2D eigenvalue weighted by atomic mass is 9.38. The van der Waals surface area contributed by atoms with Gasteiger partial charge in [0, 0.05) is 16.5 Å². The molecule has 0 amide bonds. The maximum atomic E-state index is 11.3. The summed E-state index contributed by atoms with van der Waals surface area (Å²) in [6, 6.07) is 15.6. The van der Waals surface area contributed by atoms with Crippen molar-refractivity contribution in [3.8, 4) is 23.7 Å². The van der Waals surface area contributed by atoms with E-state index in [0.717, 1.165) is 23.3 Å². The van der Waals surface area contributed by atoms with Gasteiger partial charge in [-0.1, -0.05) is 50.0 Å². The Balaban J connectivity index is 1.38. The summed E-state index contributed by atoms with van der Waals surface area (Å²) >= 11 is 0. The van der Waals surface area contributed by atoms with Gasteiger partial charge in [-0.3, -0.25) is 0 Å². The highest BCUT2D eigenvalue weighted by molar-refractivity contribution is 5.90. The fourth-order valence-electron chi connectivity index (χ4n) is 6.93. The first-order valence-corrected chi connectivity index (χ1v) is 11.3. The van der Waals surface area contributed by atoms with E-state index >= 15 is 0 Å². The van der Waals surface area contributed by atoms with E-state index in [4.69, 9.17) is 0 Å². The Morgan fingerprint density at radius 2 is 1.55 bits per heavy atom. The molecule has 0 radical (unpaired) electrons. The second-order valence-corrected chi connectivity index (χ2v) is 10.3. The van der Waals surface area contributed by atoms with Crippen LogP contribution in [0.2, 0.25) is 0 Å². The summed E-state index contributed by atoms with van der Waals surface area (Å²) < 4.78 is 0. The zero-order valence-corrected chi connectivity index (χ0v) is 18.2. The number of hydrogen-bond donors (Lipinski definition) is 1.